The second-order valence-electron chi connectivity index (χ2n) is 4.10. The fourth-order valence-electron chi connectivity index (χ4n) is 2.15. The Bertz CT molecular complexity index is 658. The van der Waals surface area contributed by atoms with Crippen LogP contribution < -0.4 is 0 Å². The molecule has 0 saturated heterocycles. The van der Waals surface area contributed by atoms with Gasteiger partial charge in [0.05, 0.1) is 11.0 Å². The molecule has 3 nitrogen and oxygen atoms in total. The van der Waals surface area contributed by atoms with Gasteiger partial charge in [-0.05, 0) is 25.5 Å². The summed E-state index contributed by atoms with van der Waals surface area (Å²) in [4.78, 5) is 7.80. The average Bonchev–Trinajstić information content (AvgIpc) is 2.67. The van der Waals surface area contributed by atoms with E-state index in [1.807, 2.05) is 6.92 Å². The molecule has 76 valence electrons. The predicted octanol–water partition coefficient (Wildman–Crippen LogP) is 2.67. The molecule has 0 radical (unpaired) electrons. The van der Waals surface area contributed by atoms with Gasteiger partial charge in [0.25, 0.3) is 0 Å². The highest BCUT2D eigenvalue weighted by molar-refractivity contribution is 6.04. The summed E-state index contributed by atoms with van der Waals surface area (Å²) in [5.41, 5.74) is 4.70. The molecule has 0 bridgehead atoms. The molecule has 1 N–H and O–H groups in total. The minimum atomic E-state index is 0.970. The van der Waals surface area contributed by atoms with Gasteiger partial charge in [-0.1, -0.05) is 12.1 Å². The van der Waals surface area contributed by atoms with E-state index in [9.17, 15) is 0 Å². The maximum atomic E-state index is 4.49. The number of benzene rings is 1. The Balaban J connectivity index is 2.59. The van der Waals surface area contributed by atoms with Crippen LogP contribution in [0.5, 0.6) is 0 Å². The first-order chi connectivity index (χ1) is 7.16. The standard InChI is InChI=1S/C12H13N3/c1-7-4-5-9-10(6-7)15(3)12-11(9)13-8(2)14-12/h4-6H,1-3H3,(H,13,14). The fourth-order valence-corrected chi connectivity index (χ4v) is 2.15. The van der Waals surface area contributed by atoms with Gasteiger partial charge in [0.15, 0.2) is 5.65 Å². The number of hydrogen-bond acceptors (Lipinski definition) is 1. The molecule has 0 aliphatic carbocycles. The van der Waals surface area contributed by atoms with Crippen LogP contribution in [0.4, 0.5) is 0 Å². The number of hydrogen-bond donors (Lipinski definition) is 1. The summed E-state index contributed by atoms with van der Waals surface area (Å²) in [6, 6.07) is 6.49. The van der Waals surface area contributed by atoms with Crippen molar-refractivity contribution in [1.29, 1.82) is 0 Å². The van der Waals surface area contributed by atoms with Crippen molar-refractivity contribution in [1.82, 2.24) is 14.5 Å². The largest absolute Gasteiger partial charge is 0.340 e. The average molecular weight is 199 g/mol. The fraction of sp³-hybridized carbons (Fsp3) is 0.250. The Morgan fingerprint density at radius 2 is 2.07 bits per heavy atom. The zero-order valence-electron chi connectivity index (χ0n) is 9.13. The van der Waals surface area contributed by atoms with Crippen molar-refractivity contribution < 1.29 is 0 Å². The number of rotatable bonds is 0. The smallest absolute Gasteiger partial charge is 0.159 e. The molecule has 0 unspecified atom stereocenters. The summed E-state index contributed by atoms with van der Waals surface area (Å²) in [5.74, 6) is 0.970. The molecule has 1 aromatic carbocycles. The normalized spacial score (nSPS) is 11.7. The number of imidazole rings is 1. The van der Waals surface area contributed by atoms with Crippen molar-refractivity contribution in [2.24, 2.45) is 7.05 Å². The molecule has 2 heterocycles. The predicted molar refractivity (Wildman–Crippen MR) is 62.0 cm³/mol. The lowest BCUT2D eigenvalue weighted by Gasteiger charge is -1.97. The molecule has 3 rings (SSSR count). The number of aryl methyl sites for hydroxylation is 3. The Labute approximate surface area is 87.7 Å². The van der Waals surface area contributed by atoms with Crippen LogP contribution in [0.25, 0.3) is 22.1 Å². The number of fused-ring (bicyclic) bond motifs is 3. The molecule has 0 saturated carbocycles. The molecular formula is C12H13N3. The number of H-pyrrole nitrogens is 1. The van der Waals surface area contributed by atoms with Crippen LogP contribution in [0.2, 0.25) is 0 Å². The van der Waals surface area contributed by atoms with E-state index in [2.05, 4.69) is 46.7 Å². The van der Waals surface area contributed by atoms with Crippen LogP contribution in [-0.4, -0.2) is 14.5 Å². The molecule has 0 spiro atoms. The van der Waals surface area contributed by atoms with E-state index in [0.717, 1.165) is 17.0 Å². The van der Waals surface area contributed by atoms with E-state index >= 15 is 0 Å². The van der Waals surface area contributed by atoms with Gasteiger partial charge in [-0.2, -0.15) is 0 Å². The maximum absolute atomic E-state index is 4.49. The van der Waals surface area contributed by atoms with Gasteiger partial charge < -0.3 is 9.55 Å². The highest BCUT2D eigenvalue weighted by Crippen LogP contribution is 2.26. The van der Waals surface area contributed by atoms with Crippen molar-refractivity contribution in [2.45, 2.75) is 13.8 Å². The minimum Gasteiger partial charge on any atom is -0.340 e. The van der Waals surface area contributed by atoms with Crippen LogP contribution >= 0.6 is 0 Å². The van der Waals surface area contributed by atoms with E-state index in [-0.39, 0.29) is 0 Å². The van der Waals surface area contributed by atoms with Gasteiger partial charge in [-0.15, -0.1) is 0 Å². The van der Waals surface area contributed by atoms with Crippen LogP contribution in [-0.2, 0) is 7.05 Å². The lowest BCUT2D eigenvalue weighted by molar-refractivity contribution is 0.985. The number of aromatic amines is 1. The zero-order valence-corrected chi connectivity index (χ0v) is 9.13. The zero-order chi connectivity index (χ0) is 10.6. The Kier molecular flexibility index (Phi) is 1.49. The molecule has 0 aliphatic rings. The number of aromatic nitrogens is 3. The molecule has 3 aromatic rings. The van der Waals surface area contributed by atoms with Crippen LogP contribution in [0.3, 0.4) is 0 Å². The molecule has 3 heteroatoms. The van der Waals surface area contributed by atoms with Gasteiger partial charge in [-0.25, -0.2) is 4.98 Å². The molecule has 15 heavy (non-hydrogen) atoms. The molecular weight excluding hydrogens is 186 g/mol. The van der Waals surface area contributed by atoms with Crippen molar-refractivity contribution in [3.8, 4) is 0 Å². The summed E-state index contributed by atoms with van der Waals surface area (Å²) in [6.45, 7) is 4.10. The van der Waals surface area contributed by atoms with E-state index in [1.54, 1.807) is 0 Å². The van der Waals surface area contributed by atoms with Crippen molar-refractivity contribution >= 4 is 22.1 Å². The summed E-state index contributed by atoms with van der Waals surface area (Å²) >= 11 is 0. The van der Waals surface area contributed by atoms with Gasteiger partial charge in [0, 0.05) is 12.4 Å². The highest BCUT2D eigenvalue weighted by atomic mass is 15.1. The molecule has 2 aromatic heterocycles. The summed E-state index contributed by atoms with van der Waals surface area (Å²) in [5, 5.41) is 1.25. The first-order valence-electron chi connectivity index (χ1n) is 5.08. The van der Waals surface area contributed by atoms with Crippen molar-refractivity contribution in [2.75, 3.05) is 0 Å². The second kappa shape index (κ2) is 2.63. The summed E-state index contributed by atoms with van der Waals surface area (Å²) < 4.78 is 2.14. The van der Waals surface area contributed by atoms with E-state index in [0.29, 0.717) is 0 Å². The molecule has 0 fully saturated rings. The maximum Gasteiger partial charge on any atom is 0.159 e. The third-order valence-corrected chi connectivity index (χ3v) is 2.90. The van der Waals surface area contributed by atoms with Crippen LogP contribution in [0.1, 0.15) is 11.4 Å². The Hall–Kier alpha value is -1.77. The third-order valence-electron chi connectivity index (χ3n) is 2.90. The van der Waals surface area contributed by atoms with Crippen LogP contribution in [0, 0.1) is 13.8 Å². The highest BCUT2D eigenvalue weighted by Gasteiger charge is 2.10. The van der Waals surface area contributed by atoms with Gasteiger partial charge in [0.1, 0.15) is 5.82 Å². The van der Waals surface area contributed by atoms with Crippen molar-refractivity contribution in [3.05, 3.63) is 29.6 Å². The number of nitrogens with one attached hydrogen (secondary N) is 1. The quantitative estimate of drug-likeness (QED) is 0.593. The van der Waals surface area contributed by atoms with E-state index in [4.69, 9.17) is 0 Å². The SMILES string of the molecule is Cc1ccc2c3[nH]c(C)nc3n(C)c2c1. The topological polar surface area (TPSA) is 33.6 Å². The minimum absolute atomic E-state index is 0.970. The lowest BCUT2D eigenvalue weighted by atomic mass is 10.2. The van der Waals surface area contributed by atoms with Gasteiger partial charge in [-0.3, -0.25) is 0 Å². The van der Waals surface area contributed by atoms with Gasteiger partial charge >= 0.3 is 0 Å². The number of nitrogens with zero attached hydrogens (tertiary/aromatic N) is 2. The van der Waals surface area contributed by atoms with Crippen molar-refractivity contribution in [3.63, 3.8) is 0 Å². The lowest BCUT2D eigenvalue weighted by Crippen LogP contribution is -1.88. The third kappa shape index (κ3) is 1.03. The van der Waals surface area contributed by atoms with E-state index in [1.165, 1.54) is 16.5 Å². The second-order valence-corrected chi connectivity index (χ2v) is 4.10. The first kappa shape index (κ1) is 8.53. The molecule has 0 atom stereocenters. The first-order valence-corrected chi connectivity index (χ1v) is 5.08. The summed E-state index contributed by atoms with van der Waals surface area (Å²) in [6.07, 6.45) is 0. The van der Waals surface area contributed by atoms with E-state index < -0.39 is 0 Å². The Morgan fingerprint density at radius 1 is 1.27 bits per heavy atom. The Morgan fingerprint density at radius 3 is 2.87 bits per heavy atom. The molecule has 0 amide bonds. The van der Waals surface area contributed by atoms with Gasteiger partial charge in [0.2, 0.25) is 0 Å². The molecule has 0 aliphatic heterocycles. The van der Waals surface area contributed by atoms with Crippen LogP contribution in [0.15, 0.2) is 18.2 Å². The summed E-state index contributed by atoms with van der Waals surface area (Å²) in [7, 11) is 2.06. The monoisotopic (exact) mass is 199 g/mol.